The molecule has 1 fully saturated rings. The van der Waals surface area contributed by atoms with Gasteiger partial charge in [-0.25, -0.2) is 4.39 Å². The zero-order valence-electron chi connectivity index (χ0n) is 17.2. The monoisotopic (exact) mass is 421 g/mol. The molecule has 1 aliphatic heterocycles. The average Bonchev–Trinajstić information content (AvgIpc) is 3.20. The van der Waals surface area contributed by atoms with E-state index in [1.54, 1.807) is 6.07 Å². The molecular formula is C24H24FN3OS. The zero-order valence-corrected chi connectivity index (χ0v) is 18.0. The van der Waals surface area contributed by atoms with Crippen LogP contribution in [0.3, 0.4) is 0 Å². The summed E-state index contributed by atoms with van der Waals surface area (Å²) in [5.41, 5.74) is 5.69. The van der Waals surface area contributed by atoms with E-state index >= 15 is 0 Å². The molecule has 154 valence electrons. The van der Waals surface area contributed by atoms with Gasteiger partial charge in [0.1, 0.15) is 5.82 Å². The third-order valence-electron chi connectivity index (χ3n) is 5.21. The molecule has 6 heteroatoms. The summed E-state index contributed by atoms with van der Waals surface area (Å²) in [5, 5.41) is 6.31. The number of amides is 1. The van der Waals surface area contributed by atoms with Crippen molar-refractivity contribution in [1.29, 1.82) is 0 Å². The lowest BCUT2D eigenvalue weighted by atomic mass is 10.1. The van der Waals surface area contributed by atoms with E-state index in [2.05, 4.69) is 29.7 Å². The molecule has 3 aromatic rings. The number of nitrogens with one attached hydrogen (secondary N) is 2. The molecule has 1 atom stereocenters. The van der Waals surface area contributed by atoms with Crippen molar-refractivity contribution in [1.82, 2.24) is 9.88 Å². The summed E-state index contributed by atoms with van der Waals surface area (Å²) in [6.45, 7) is 6.08. The molecule has 1 aliphatic rings. The van der Waals surface area contributed by atoms with Crippen LogP contribution in [-0.4, -0.2) is 16.0 Å². The minimum atomic E-state index is -0.272. The van der Waals surface area contributed by atoms with Crippen LogP contribution in [-0.2, 0) is 11.2 Å². The summed E-state index contributed by atoms with van der Waals surface area (Å²) in [6, 6.07) is 16.8. The van der Waals surface area contributed by atoms with Crippen molar-refractivity contribution in [3.8, 4) is 5.69 Å². The second-order valence-corrected chi connectivity index (χ2v) is 8.46. The maximum Gasteiger partial charge on any atom is 0.260 e. The van der Waals surface area contributed by atoms with Crippen molar-refractivity contribution < 1.29 is 9.18 Å². The van der Waals surface area contributed by atoms with Crippen LogP contribution in [0.4, 0.5) is 10.1 Å². The Morgan fingerprint density at radius 1 is 1.17 bits per heavy atom. The molecule has 0 spiro atoms. The van der Waals surface area contributed by atoms with Gasteiger partial charge < -0.3 is 15.2 Å². The summed E-state index contributed by atoms with van der Waals surface area (Å²) >= 11 is 1.46. The third-order valence-corrected chi connectivity index (χ3v) is 6.24. The molecule has 1 saturated heterocycles. The van der Waals surface area contributed by atoms with Gasteiger partial charge in [0.15, 0.2) is 5.50 Å². The second kappa shape index (κ2) is 8.40. The quantitative estimate of drug-likeness (QED) is 0.543. The number of anilines is 1. The van der Waals surface area contributed by atoms with E-state index in [9.17, 15) is 9.18 Å². The van der Waals surface area contributed by atoms with Crippen LogP contribution in [0.1, 0.15) is 29.4 Å². The molecule has 1 amide bonds. The molecular weight excluding hydrogens is 397 g/mol. The summed E-state index contributed by atoms with van der Waals surface area (Å²) in [6.07, 6.45) is 2.90. The summed E-state index contributed by atoms with van der Waals surface area (Å²) < 4.78 is 15.7. The van der Waals surface area contributed by atoms with Crippen LogP contribution in [0.2, 0.25) is 0 Å². The molecule has 0 saturated carbocycles. The molecule has 30 heavy (non-hydrogen) atoms. The highest BCUT2D eigenvalue weighted by Crippen LogP contribution is 2.32. The van der Waals surface area contributed by atoms with E-state index in [1.807, 2.05) is 48.8 Å². The first kappa shape index (κ1) is 20.3. The third kappa shape index (κ3) is 4.14. The molecule has 2 heterocycles. The zero-order chi connectivity index (χ0) is 21.3. The summed E-state index contributed by atoms with van der Waals surface area (Å²) in [5.74, 6) is -0.371. The average molecular weight is 422 g/mol. The fraction of sp³-hybridized carbons (Fsp3) is 0.208. The number of hydrogen-bond donors (Lipinski definition) is 2. The predicted molar refractivity (Wildman–Crippen MR) is 122 cm³/mol. The lowest BCUT2D eigenvalue weighted by Gasteiger charge is -2.12. The molecule has 2 aromatic carbocycles. The number of benzene rings is 2. The minimum Gasteiger partial charge on any atom is -0.357 e. The fourth-order valence-electron chi connectivity index (χ4n) is 3.64. The number of halogens is 1. The lowest BCUT2D eigenvalue weighted by molar-refractivity contribution is -0.116. The maximum absolute atomic E-state index is 13.7. The summed E-state index contributed by atoms with van der Waals surface area (Å²) in [4.78, 5) is 13.2. The Morgan fingerprint density at radius 3 is 2.63 bits per heavy atom. The molecule has 2 N–H and O–H groups in total. The van der Waals surface area contributed by atoms with Gasteiger partial charge in [-0.3, -0.25) is 4.79 Å². The lowest BCUT2D eigenvalue weighted by Crippen LogP contribution is -2.30. The Labute approximate surface area is 180 Å². The highest BCUT2D eigenvalue weighted by atomic mass is 32.2. The van der Waals surface area contributed by atoms with Crippen molar-refractivity contribution in [2.24, 2.45) is 0 Å². The van der Waals surface area contributed by atoms with Crippen molar-refractivity contribution in [3.05, 3.63) is 87.8 Å². The van der Waals surface area contributed by atoms with E-state index in [1.165, 1.54) is 29.5 Å². The number of carbonyl (C=O) groups is 1. The van der Waals surface area contributed by atoms with E-state index in [0.717, 1.165) is 34.7 Å². The van der Waals surface area contributed by atoms with E-state index in [4.69, 9.17) is 0 Å². The Bertz CT molecular complexity index is 1120. The highest BCUT2D eigenvalue weighted by molar-refractivity contribution is 8.05. The van der Waals surface area contributed by atoms with Gasteiger partial charge in [-0.2, -0.15) is 0 Å². The predicted octanol–water partition coefficient (Wildman–Crippen LogP) is 5.40. The van der Waals surface area contributed by atoms with Crippen LogP contribution in [0, 0.1) is 19.7 Å². The number of carbonyl (C=O) groups excluding carboxylic acids is 1. The molecule has 0 aliphatic carbocycles. The van der Waals surface area contributed by atoms with Gasteiger partial charge in [0.05, 0.1) is 4.91 Å². The smallest absolute Gasteiger partial charge is 0.260 e. The number of nitrogens with zero attached hydrogens (tertiary/aromatic N) is 1. The van der Waals surface area contributed by atoms with Crippen LogP contribution in [0.5, 0.6) is 0 Å². The normalized spacial score (nSPS) is 17.4. The van der Waals surface area contributed by atoms with E-state index < -0.39 is 0 Å². The standard InChI is InChI=1S/C24H24FN3OS/c1-4-17-8-10-20(11-9-17)26-24-27-23(29)22(30-24)13-18-12-15(2)28(16(18)3)21-7-5-6-19(25)14-21/h5-14,24,26H,4H2,1-3H3,(H,27,29)/b22-13-/t24-/m1/s1. The maximum atomic E-state index is 13.7. The first-order valence-electron chi connectivity index (χ1n) is 9.94. The Hall–Kier alpha value is -2.99. The van der Waals surface area contributed by atoms with Gasteiger partial charge in [-0.05, 0) is 73.9 Å². The molecule has 0 radical (unpaired) electrons. The van der Waals surface area contributed by atoms with Crippen molar-refractivity contribution in [2.75, 3.05) is 5.32 Å². The van der Waals surface area contributed by atoms with Crippen LogP contribution in [0.15, 0.2) is 59.5 Å². The van der Waals surface area contributed by atoms with Gasteiger partial charge in [0.25, 0.3) is 5.91 Å². The number of aryl methyl sites for hydroxylation is 2. The van der Waals surface area contributed by atoms with Gasteiger partial charge in [0.2, 0.25) is 0 Å². The second-order valence-electron chi connectivity index (χ2n) is 7.32. The molecule has 1 aromatic heterocycles. The molecule has 4 nitrogen and oxygen atoms in total. The topological polar surface area (TPSA) is 46.1 Å². The Morgan fingerprint density at radius 2 is 1.93 bits per heavy atom. The van der Waals surface area contributed by atoms with Gasteiger partial charge in [0, 0.05) is 22.8 Å². The molecule has 0 bridgehead atoms. The Kier molecular flexibility index (Phi) is 5.68. The molecule has 4 rings (SSSR count). The van der Waals surface area contributed by atoms with Gasteiger partial charge in [-0.1, -0.05) is 36.9 Å². The summed E-state index contributed by atoms with van der Waals surface area (Å²) in [7, 11) is 0. The first-order chi connectivity index (χ1) is 14.4. The largest absolute Gasteiger partial charge is 0.357 e. The van der Waals surface area contributed by atoms with Crippen LogP contribution < -0.4 is 10.6 Å². The van der Waals surface area contributed by atoms with Crippen molar-refractivity contribution in [3.63, 3.8) is 0 Å². The van der Waals surface area contributed by atoms with Crippen LogP contribution >= 0.6 is 11.8 Å². The van der Waals surface area contributed by atoms with E-state index in [-0.39, 0.29) is 17.2 Å². The van der Waals surface area contributed by atoms with Crippen LogP contribution in [0.25, 0.3) is 11.8 Å². The molecule has 0 unspecified atom stereocenters. The van der Waals surface area contributed by atoms with Gasteiger partial charge >= 0.3 is 0 Å². The van der Waals surface area contributed by atoms with E-state index in [0.29, 0.717) is 4.91 Å². The number of thioether (sulfide) groups is 1. The fourth-order valence-corrected chi connectivity index (χ4v) is 4.62. The number of rotatable bonds is 5. The van der Waals surface area contributed by atoms with Crippen molar-refractivity contribution >= 4 is 29.4 Å². The van der Waals surface area contributed by atoms with Gasteiger partial charge in [-0.15, -0.1) is 0 Å². The SMILES string of the molecule is CCc1ccc(N[C@@H]2NC(=O)/C(=C/c3cc(C)n(-c4cccc(F)c4)c3C)S2)cc1. The number of aromatic nitrogens is 1. The number of hydrogen-bond acceptors (Lipinski definition) is 3. The first-order valence-corrected chi connectivity index (χ1v) is 10.8. The highest BCUT2D eigenvalue weighted by Gasteiger charge is 2.27. The minimum absolute atomic E-state index is 0.0989. The Balaban J connectivity index is 1.55. The van der Waals surface area contributed by atoms with Crippen molar-refractivity contribution in [2.45, 2.75) is 32.7 Å².